The molecule has 1 aromatic heterocycles. The number of pyridine rings is 1. The highest BCUT2D eigenvalue weighted by Crippen LogP contribution is 2.16. The Balaban J connectivity index is 1.52. The number of fused-ring (bicyclic) bond motifs is 1. The number of rotatable bonds is 10. The summed E-state index contributed by atoms with van der Waals surface area (Å²) in [6.45, 7) is 1.39. The van der Waals surface area contributed by atoms with Gasteiger partial charge in [0.1, 0.15) is 12.4 Å². The van der Waals surface area contributed by atoms with Gasteiger partial charge in [-0.05, 0) is 30.0 Å². The van der Waals surface area contributed by atoms with E-state index in [9.17, 15) is 19.5 Å². The van der Waals surface area contributed by atoms with E-state index in [4.69, 9.17) is 16.3 Å². The number of nitrogens with zero attached hydrogens (tertiary/aromatic N) is 1. The summed E-state index contributed by atoms with van der Waals surface area (Å²) in [6.07, 6.45) is 0.812. The van der Waals surface area contributed by atoms with E-state index in [0.29, 0.717) is 17.4 Å². The second kappa shape index (κ2) is 12.0. The Bertz CT molecular complexity index is 1170. The van der Waals surface area contributed by atoms with E-state index in [1.54, 1.807) is 18.3 Å². The molecule has 178 valence electrons. The van der Waals surface area contributed by atoms with Crippen LogP contribution in [0.1, 0.15) is 12.5 Å². The van der Waals surface area contributed by atoms with Crippen molar-refractivity contribution in [3.05, 3.63) is 71.4 Å². The maximum Gasteiger partial charge on any atom is 0.412 e. The fraction of sp³-hybridized carbons (Fsp3) is 0.250. The van der Waals surface area contributed by atoms with Crippen LogP contribution in [0, 0.1) is 5.92 Å². The van der Waals surface area contributed by atoms with Gasteiger partial charge in [0.05, 0.1) is 18.5 Å². The van der Waals surface area contributed by atoms with Crippen LogP contribution in [-0.2, 0) is 20.9 Å². The summed E-state index contributed by atoms with van der Waals surface area (Å²) in [5, 5.41) is 19.8. The summed E-state index contributed by atoms with van der Waals surface area (Å²) < 4.78 is 5.18. The summed E-state index contributed by atoms with van der Waals surface area (Å²) in [5.41, 5.74) is 0.828. The van der Waals surface area contributed by atoms with Crippen molar-refractivity contribution in [3.63, 3.8) is 0 Å². The molecule has 0 bridgehead atoms. The van der Waals surface area contributed by atoms with Gasteiger partial charge in [-0.15, -0.1) is 0 Å². The zero-order valence-corrected chi connectivity index (χ0v) is 19.2. The van der Waals surface area contributed by atoms with Gasteiger partial charge in [0.15, 0.2) is 0 Å². The van der Waals surface area contributed by atoms with E-state index >= 15 is 0 Å². The number of carboxylic acid groups (broad SMARTS) is 1. The summed E-state index contributed by atoms with van der Waals surface area (Å²) in [5.74, 6) is -2.27. The van der Waals surface area contributed by atoms with Crippen LogP contribution in [0.25, 0.3) is 10.8 Å². The van der Waals surface area contributed by atoms with Gasteiger partial charge >= 0.3 is 12.1 Å². The van der Waals surface area contributed by atoms with Gasteiger partial charge in [-0.1, -0.05) is 54.1 Å². The van der Waals surface area contributed by atoms with E-state index in [1.807, 2.05) is 42.5 Å². The minimum Gasteiger partial charge on any atom is -0.481 e. The second-order valence-electron chi connectivity index (χ2n) is 7.64. The lowest BCUT2D eigenvalue weighted by Crippen LogP contribution is -2.48. The molecule has 2 atom stereocenters. The van der Waals surface area contributed by atoms with Crippen molar-refractivity contribution in [1.82, 2.24) is 15.6 Å². The lowest BCUT2D eigenvalue weighted by Gasteiger charge is -2.22. The standard InChI is InChI=1S/C24H25ClN4O5/c1-15(23(31)32)20(28-22(30)13-26-11-18-8-4-5-9-19(18)25)14-34-24(33)29-21-10-16-6-2-3-7-17(16)12-27-21/h2-10,12,15,20,26H,11,13-14H2,1H3,(H,28,30)(H,31,32)(H,27,29,33)/t15?,20-/m1/s1. The van der Waals surface area contributed by atoms with E-state index in [2.05, 4.69) is 20.9 Å². The number of anilines is 1. The molecule has 0 saturated heterocycles. The number of aliphatic carboxylic acids is 1. The van der Waals surface area contributed by atoms with Gasteiger partial charge in [-0.3, -0.25) is 14.9 Å². The number of halogens is 1. The molecule has 0 aliphatic rings. The predicted octanol–water partition coefficient (Wildman–Crippen LogP) is 3.43. The SMILES string of the molecule is CC(C(=O)O)[C@@H](COC(=O)Nc1cc2ccccc2cn1)NC(=O)CNCc1ccccc1Cl. The topological polar surface area (TPSA) is 130 Å². The highest BCUT2D eigenvalue weighted by atomic mass is 35.5. The first-order valence-corrected chi connectivity index (χ1v) is 11.0. The Morgan fingerprint density at radius 2 is 1.79 bits per heavy atom. The molecule has 10 heteroatoms. The molecule has 0 aliphatic carbocycles. The second-order valence-corrected chi connectivity index (χ2v) is 8.04. The predicted molar refractivity (Wildman–Crippen MR) is 129 cm³/mol. The third-order valence-corrected chi connectivity index (χ3v) is 5.52. The van der Waals surface area contributed by atoms with Crippen LogP contribution in [-0.4, -0.2) is 47.3 Å². The van der Waals surface area contributed by atoms with E-state index in [-0.39, 0.29) is 13.2 Å². The Morgan fingerprint density at radius 1 is 1.09 bits per heavy atom. The van der Waals surface area contributed by atoms with Gasteiger partial charge in [0.25, 0.3) is 0 Å². The van der Waals surface area contributed by atoms with Crippen LogP contribution >= 0.6 is 11.6 Å². The molecule has 1 heterocycles. The Labute approximate surface area is 201 Å². The van der Waals surface area contributed by atoms with Crippen molar-refractivity contribution < 1.29 is 24.2 Å². The van der Waals surface area contributed by atoms with Crippen molar-refractivity contribution in [3.8, 4) is 0 Å². The first-order valence-electron chi connectivity index (χ1n) is 10.6. The average molecular weight is 485 g/mol. The van der Waals surface area contributed by atoms with Crippen LogP contribution < -0.4 is 16.0 Å². The van der Waals surface area contributed by atoms with Crippen LogP contribution in [0.15, 0.2) is 60.8 Å². The summed E-state index contributed by atoms with van der Waals surface area (Å²) in [6, 6.07) is 15.5. The van der Waals surface area contributed by atoms with Gasteiger partial charge in [0.2, 0.25) is 5.91 Å². The smallest absolute Gasteiger partial charge is 0.412 e. The number of ether oxygens (including phenoxy) is 1. The fourth-order valence-corrected chi connectivity index (χ4v) is 3.35. The number of carboxylic acids is 1. The molecule has 9 nitrogen and oxygen atoms in total. The molecule has 0 fully saturated rings. The zero-order valence-electron chi connectivity index (χ0n) is 18.5. The lowest BCUT2D eigenvalue weighted by molar-refractivity contribution is -0.142. The lowest BCUT2D eigenvalue weighted by atomic mass is 10.0. The minimum absolute atomic E-state index is 0.0682. The minimum atomic E-state index is -1.13. The highest BCUT2D eigenvalue weighted by molar-refractivity contribution is 6.31. The Morgan fingerprint density at radius 3 is 2.53 bits per heavy atom. The zero-order chi connectivity index (χ0) is 24.5. The fourth-order valence-electron chi connectivity index (χ4n) is 3.15. The molecule has 2 aromatic carbocycles. The van der Waals surface area contributed by atoms with Crippen LogP contribution in [0.5, 0.6) is 0 Å². The molecule has 3 aromatic rings. The van der Waals surface area contributed by atoms with Gasteiger partial charge in [-0.2, -0.15) is 0 Å². The summed E-state index contributed by atoms with van der Waals surface area (Å²) in [7, 11) is 0. The molecule has 2 amide bonds. The first kappa shape index (κ1) is 24.9. The van der Waals surface area contributed by atoms with Crippen molar-refractivity contribution in [1.29, 1.82) is 0 Å². The molecule has 34 heavy (non-hydrogen) atoms. The number of nitrogens with one attached hydrogen (secondary N) is 3. The molecule has 0 spiro atoms. The van der Waals surface area contributed by atoms with Crippen LogP contribution in [0.3, 0.4) is 0 Å². The van der Waals surface area contributed by atoms with Crippen molar-refractivity contribution in [2.24, 2.45) is 5.92 Å². The molecular formula is C24H25ClN4O5. The van der Waals surface area contributed by atoms with Gasteiger partial charge in [-0.25, -0.2) is 9.78 Å². The number of amides is 2. The maximum atomic E-state index is 12.4. The molecule has 4 N–H and O–H groups in total. The number of benzene rings is 2. The van der Waals surface area contributed by atoms with E-state index in [0.717, 1.165) is 16.3 Å². The third-order valence-electron chi connectivity index (χ3n) is 5.15. The van der Waals surface area contributed by atoms with Crippen molar-refractivity contribution in [2.75, 3.05) is 18.5 Å². The van der Waals surface area contributed by atoms with E-state index in [1.165, 1.54) is 6.92 Å². The number of carbonyl (C=O) groups is 3. The average Bonchev–Trinajstić information content (AvgIpc) is 2.82. The number of aromatic nitrogens is 1. The number of hydrogen-bond donors (Lipinski definition) is 4. The van der Waals surface area contributed by atoms with Crippen LogP contribution in [0.4, 0.5) is 10.6 Å². The molecule has 0 saturated carbocycles. The van der Waals surface area contributed by atoms with Crippen molar-refractivity contribution >= 4 is 46.2 Å². The van der Waals surface area contributed by atoms with Crippen molar-refractivity contribution in [2.45, 2.75) is 19.5 Å². The quantitative estimate of drug-likeness (QED) is 0.347. The highest BCUT2D eigenvalue weighted by Gasteiger charge is 2.26. The molecule has 0 radical (unpaired) electrons. The monoisotopic (exact) mass is 484 g/mol. The Kier molecular flexibility index (Phi) is 8.78. The van der Waals surface area contributed by atoms with Crippen LogP contribution in [0.2, 0.25) is 5.02 Å². The van der Waals surface area contributed by atoms with E-state index < -0.39 is 29.9 Å². The normalized spacial score (nSPS) is 12.5. The first-order chi connectivity index (χ1) is 16.3. The summed E-state index contributed by atoms with van der Waals surface area (Å²) >= 11 is 6.09. The molecule has 0 aliphatic heterocycles. The molecule has 1 unspecified atom stereocenters. The Hall–Kier alpha value is -3.69. The largest absolute Gasteiger partial charge is 0.481 e. The maximum absolute atomic E-state index is 12.4. The molecular weight excluding hydrogens is 460 g/mol. The molecule has 3 rings (SSSR count). The number of carbonyl (C=O) groups excluding carboxylic acids is 2. The van der Waals surface area contributed by atoms with Gasteiger partial charge in [0, 0.05) is 23.2 Å². The number of hydrogen-bond acceptors (Lipinski definition) is 6. The summed E-state index contributed by atoms with van der Waals surface area (Å²) in [4.78, 5) is 40.2. The third kappa shape index (κ3) is 7.16. The van der Waals surface area contributed by atoms with Gasteiger partial charge < -0.3 is 20.5 Å².